The third-order valence-corrected chi connectivity index (χ3v) is 10.1. The highest BCUT2D eigenvalue weighted by atomic mass is 16.6. The number of carbonyl (C=O) groups excluding carboxylic acids is 2. The van der Waals surface area contributed by atoms with Gasteiger partial charge in [-0.3, -0.25) is 14.7 Å². The molecule has 252 valence electrons. The van der Waals surface area contributed by atoms with Crippen molar-refractivity contribution >= 4 is 12.0 Å². The molecule has 0 radical (unpaired) electrons. The minimum atomic E-state index is -0.985. The fraction of sp³-hybridized carbons (Fsp3) is 0.543. The zero-order valence-electron chi connectivity index (χ0n) is 27.7. The number of ether oxygens (including phenoxy) is 1. The van der Waals surface area contributed by atoms with Gasteiger partial charge in [0.2, 0.25) is 0 Å². The van der Waals surface area contributed by atoms with Crippen LogP contribution in [0.2, 0.25) is 0 Å². The number of piperazine rings is 1. The molecule has 2 amide bonds. The van der Waals surface area contributed by atoms with Crippen molar-refractivity contribution < 1.29 is 19.4 Å². The Bertz CT molecular complexity index is 1570. The Kier molecular flexibility index (Phi) is 9.97. The van der Waals surface area contributed by atoms with Crippen LogP contribution in [0.3, 0.4) is 0 Å². The molecular formula is C35H47N7O5. The monoisotopic (exact) mass is 645 g/mol. The van der Waals surface area contributed by atoms with Crippen molar-refractivity contribution in [1.82, 2.24) is 34.4 Å². The van der Waals surface area contributed by atoms with Gasteiger partial charge in [0.05, 0.1) is 6.04 Å². The molecular weight excluding hydrogens is 598 g/mol. The molecule has 12 nitrogen and oxygen atoms in total. The molecule has 4 heterocycles. The summed E-state index contributed by atoms with van der Waals surface area (Å²) in [6.07, 6.45) is 2.08. The van der Waals surface area contributed by atoms with Gasteiger partial charge in [0.1, 0.15) is 5.75 Å². The topological polar surface area (TPSA) is 127 Å². The normalized spacial score (nSPS) is 19.6. The van der Waals surface area contributed by atoms with E-state index >= 15 is 0 Å². The van der Waals surface area contributed by atoms with Gasteiger partial charge in [-0.2, -0.15) is 0 Å². The molecule has 3 aromatic rings. The Morgan fingerprint density at radius 2 is 1.51 bits per heavy atom. The lowest BCUT2D eigenvalue weighted by molar-refractivity contribution is -0.143. The molecule has 47 heavy (non-hydrogen) atoms. The number of hydrogen-bond acceptors (Lipinski definition) is 8. The van der Waals surface area contributed by atoms with Crippen LogP contribution >= 0.6 is 0 Å². The number of piperidine rings is 2. The number of amides is 2. The highest BCUT2D eigenvalue weighted by Gasteiger charge is 2.35. The summed E-state index contributed by atoms with van der Waals surface area (Å²) >= 11 is 0. The van der Waals surface area contributed by atoms with Crippen molar-refractivity contribution in [3.63, 3.8) is 0 Å². The fourth-order valence-corrected chi connectivity index (χ4v) is 7.23. The van der Waals surface area contributed by atoms with E-state index in [0.29, 0.717) is 50.9 Å². The number of carbonyl (C=O) groups is 2. The van der Waals surface area contributed by atoms with E-state index in [-0.39, 0.29) is 29.8 Å². The number of nitrogens with zero attached hydrogens (tertiary/aromatic N) is 6. The quantitative estimate of drug-likeness (QED) is 0.401. The molecule has 0 aliphatic carbocycles. The summed E-state index contributed by atoms with van der Waals surface area (Å²) in [6, 6.07) is 13.6. The summed E-state index contributed by atoms with van der Waals surface area (Å²) in [5.41, 5.74) is 2.83. The molecule has 2 aromatic carbocycles. The number of phenolic OH excluding ortho intramolecular Hbond substituents is 1. The molecule has 0 saturated carbocycles. The van der Waals surface area contributed by atoms with Crippen molar-refractivity contribution in [3.05, 3.63) is 69.6 Å². The molecule has 3 saturated heterocycles. The van der Waals surface area contributed by atoms with E-state index in [2.05, 4.69) is 26.9 Å². The maximum Gasteiger partial charge on any atom is 0.410 e. The Morgan fingerprint density at radius 3 is 2.15 bits per heavy atom. The van der Waals surface area contributed by atoms with E-state index in [1.165, 1.54) is 4.68 Å². The molecule has 0 unspecified atom stereocenters. The average Bonchev–Trinajstić information content (AvgIpc) is 3.48. The number of likely N-dealkylation sites (tertiary alicyclic amines) is 2. The van der Waals surface area contributed by atoms with Crippen LogP contribution in [0, 0.1) is 13.8 Å². The maximum atomic E-state index is 14.0. The van der Waals surface area contributed by atoms with Gasteiger partial charge in [-0.15, -0.1) is 5.10 Å². The van der Waals surface area contributed by atoms with Gasteiger partial charge < -0.3 is 24.5 Å². The summed E-state index contributed by atoms with van der Waals surface area (Å²) in [7, 11) is 2.16. The van der Waals surface area contributed by atoms with Crippen LogP contribution in [0.15, 0.2) is 47.3 Å². The van der Waals surface area contributed by atoms with Crippen LogP contribution in [0.5, 0.6) is 5.75 Å². The van der Waals surface area contributed by atoms with Crippen molar-refractivity contribution in [2.45, 2.75) is 64.1 Å². The first-order valence-corrected chi connectivity index (χ1v) is 16.9. The number of rotatable bonds is 7. The van der Waals surface area contributed by atoms with Gasteiger partial charge in [0.15, 0.2) is 11.9 Å². The van der Waals surface area contributed by atoms with E-state index in [4.69, 9.17) is 4.74 Å². The predicted octanol–water partition coefficient (Wildman–Crippen LogP) is 3.18. The second-order valence-corrected chi connectivity index (χ2v) is 13.4. The number of aromatic amines is 1. The number of aromatic hydroxyl groups is 1. The summed E-state index contributed by atoms with van der Waals surface area (Å²) in [4.78, 5) is 51.4. The fourth-order valence-electron chi connectivity index (χ4n) is 7.23. The van der Waals surface area contributed by atoms with Gasteiger partial charge in [-0.1, -0.05) is 42.5 Å². The van der Waals surface area contributed by atoms with Crippen molar-refractivity contribution in [2.75, 3.05) is 59.4 Å². The Morgan fingerprint density at radius 1 is 0.894 bits per heavy atom. The molecule has 3 aliphatic rings. The van der Waals surface area contributed by atoms with Crippen LogP contribution in [0.1, 0.15) is 48.4 Å². The predicted molar refractivity (Wildman–Crippen MR) is 178 cm³/mol. The largest absolute Gasteiger partial charge is 0.507 e. The van der Waals surface area contributed by atoms with Crippen LogP contribution in [0.4, 0.5) is 4.79 Å². The zero-order valence-corrected chi connectivity index (χ0v) is 27.7. The standard InChI is InChI=1S/C35H47N7O5/c1-24-21-26(22-25(2)31(24)43)23-30(33(44)40-19-17-39(18-20-40)28-9-13-38(3)14-10-28)47-35(46)41-15-11-29(12-16-41)42-34(45)36-32(37-42)27-7-5-4-6-8-27/h4-8,21-22,28-30,43H,9-20,23H2,1-3H3,(H,36,37,45)/t30-/m1/s1. The van der Waals surface area contributed by atoms with Crippen LogP contribution in [0.25, 0.3) is 11.4 Å². The number of phenols is 1. The van der Waals surface area contributed by atoms with E-state index in [1.54, 1.807) is 4.90 Å². The lowest BCUT2D eigenvalue weighted by Crippen LogP contribution is -2.56. The molecule has 0 bridgehead atoms. The molecule has 6 rings (SSSR count). The van der Waals surface area contributed by atoms with Crippen LogP contribution < -0.4 is 5.69 Å². The van der Waals surface area contributed by atoms with E-state index in [0.717, 1.165) is 61.3 Å². The second-order valence-electron chi connectivity index (χ2n) is 13.4. The molecule has 1 atom stereocenters. The lowest BCUT2D eigenvalue weighted by atomic mass is 10.00. The third kappa shape index (κ3) is 7.54. The Labute approximate surface area is 275 Å². The minimum absolute atomic E-state index is 0.151. The van der Waals surface area contributed by atoms with Gasteiger partial charge in [0.25, 0.3) is 5.91 Å². The average molecular weight is 646 g/mol. The first-order chi connectivity index (χ1) is 22.7. The van der Waals surface area contributed by atoms with E-state index in [9.17, 15) is 19.5 Å². The van der Waals surface area contributed by atoms with Crippen molar-refractivity contribution in [3.8, 4) is 17.1 Å². The molecule has 3 fully saturated rings. The number of hydrogen-bond donors (Lipinski definition) is 2. The number of aryl methyl sites for hydroxylation is 2. The highest BCUT2D eigenvalue weighted by Crippen LogP contribution is 2.26. The smallest absolute Gasteiger partial charge is 0.410 e. The molecule has 2 N–H and O–H groups in total. The van der Waals surface area contributed by atoms with E-state index < -0.39 is 12.2 Å². The van der Waals surface area contributed by atoms with Crippen LogP contribution in [-0.2, 0) is 16.0 Å². The van der Waals surface area contributed by atoms with Gasteiger partial charge in [-0.05, 0) is 76.4 Å². The van der Waals surface area contributed by atoms with Gasteiger partial charge in [0, 0.05) is 57.3 Å². The molecule has 3 aliphatic heterocycles. The van der Waals surface area contributed by atoms with E-state index in [1.807, 2.05) is 61.2 Å². The highest BCUT2D eigenvalue weighted by molar-refractivity contribution is 5.84. The zero-order chi connectivity index (χ0) is 33.1. The first-order valence-electron chi connectivity index (χ1n) is 16.9. The maximum absolute atomic E-state index is 14.0. The van der Waals surface area contributed by atoms with Gasteiger partial charge >= 0.3 is 11.8 Å². The summed E-state index contributed by atoms with van der Waals surface area (Å²) < 4.78 is 7.51. The Balaban J connectivity index is 1.10. The molecule has 1 aromatic heterocycles. The number of nitrogens with one attached hydrogen (secondary N) is 1. The van der Waals surface area contributed by atoms with Crippen molar-refractivity contribution in [2.24, 2.45) is 0 Å². The lowest BCUT2D eigenvalue weighted by Gasteiger charge is -2.42. The second kappa shape index (κ2) is 14.3. The van der Waals surface area contributed by atoms with Crippen molar-refractivity contribution in [1.29, 1.82) is 0 Å². The van der Waals surface area contributed by atoms with Crippen LogP contribution in [-0.4, -0.2) is 123 Å². The number of aromatic nitrogens is 3. The van der Waals surface area contributed by atoms with Gasteiger partial charge in [-0.25, -0.2) is 14.3 Å². The first kappa shape index (κ1) is 32.8. The molecule has 12 heteroatoms. The third-order valence-electron chi connectivity index (χ3n) is 10.1. The Hall–Kier alpha value is -4.16. The number of H-pyrrole nitrogens is 1. The summed E-state index contributed by atoms with van der Waals surface area (Å²) in [5, 5.41) is 14.9. The summed E-state index contributed by atoms with van der Waals surface area (Å²) in [6.45, 7) is 9.43. The minimum Gasteiger partial charge on any atom is -0.507 e. The number of benzene rings is 2. The summed E-state index contributed by atoms with van der Waals surface area (Å²) in [5.74, 6) is 0.565. The SMILES string of the molecule is Cc1cc(C[C@@H](OC(=O)N2CCC(n3nc(-c4ccccc4)[nH]c3=O)CC2)C(=O)N2CCN(C3CCN(C)CC3)CC2)cc(C)c1O. The molecule has 0 spiro atoms.